The summed E-state index contributed by atoms with van der Waals surface area (Å²) in [6, 6.07) is 5.10. The van der Waals surface area contributed by atoms with E-state index in [4.69, 9.17) is 11.0 Å². The summed E-state index contributed by atoms with van der Waals surface area (Å²) < 4.78 is 27.6. The van der Waals surface area contributed by atoms with Crippen LogP contribution in [0.1, 0.15) is 42.6 Å². The first-order valence-electron chi connectivity index (χ1n) is 12.4. The molecule has 1 amide bonds. The van der Waals surface area contributed by atoms with E-state index in [0.29, 0.717) is 28.4 Å². The van der Waals surface area contributed by atoms with Crippen molar-refractivity contribution >= 4 is 28.6 Å². The van der Waals surface area contributed by atoms with Crippen LogP contribution in [0.15, 0.2) is 43.1 Å². The summed E-state index contributed by atoms with van der Waals surface area (Å²) in [7, 11) is 0. The number of alkyl halides is 1. The highest BCUT2D eigenvalue weighted by atomic mass is 19.1. The number of hydrogen-bond donors (Lipinski definition) is 3. The van der Waals surface area contributed by atoms with Crippen LogP contribution in [0.25, 0.3) is 16.9 Å². The van der Waals surface area contributed by atoms with Crippen molar-refractivity contribution in [2.45, 2.75) is 38.5 Å². The second kappa shape index (κ2) is 12.0. The molecule has 4 aromatic rings. The SMILES string of the molecule is CC(C)(O)C(F)CNC(=O)c1cnc(-n2ncc3cc(C#N)cnc32)cc1N.Fc1cnc(N2CCCC2)nc1. The van der Waals surface area contributed by atoms with Crippen LogP contribution in [0.3, 0.4) is 0 Å². The predicted octanol–water partition coefficient (Wildman–Crippen LogP) is 2.32. The largest absolute Gasteiger partial charge is 0.398 e. The van der Waals surface area contributed by atoms with Crippen LogP contribution in [-0.2, 0) is 0 Å². The molecule has 0 saturated carbocycles. The van der Waals surface area contributed by atoms with E-state index in [1.54, 1.807) is 12.3 Å². The predicted molar refractivity (Wildman–Crippen MR) is 143 cm³/mol. The molecule has 14 heteroatoms. The quantitative estimate of drug-likeness (QED) is 0.323. The number of halogens is 2. The number of anilines is 2. The molecule has 1 saturated heterocycles. The highest BCUT2D eigenvalue weighted by molar-refractivity contribution is 5.99. The maximum absolute atomic E-state index is 13.8. The number of carbonyl (C=O) groups is 1. The molecule has 4 aromatic heterocycles. The number of amides is 1. The second-order valence-electron chi connectivity index (χ2n) is 9.66. The zero-order valence-electron chi connectivity index (χ0n) is 21.9. The van der Waals surface area contributed by atoms with Gasteiger partial charge >= 0.3 is 0 Å². The van der Waals surface area contributed by atoms with E-state index in [9.17, 15) is 18.7 Å². The van der Waals surface area contributed by atoms with E-state index in [0.717, 1.165) is 13.1 Å². The molecule has 208 valence electrons. The standard InChI is InChI=1S/C18H18FN7O2.C8H10FN3/c1-18(2,28)14(19)9-24-17(27)12-8-22-15(4-13(12)21)26-16-11(7-25-26)3-10(5-20)6-23-16;9-7-5-10-8(11-6-7)12-3-1-2-4-12/h3-4,6-8,14,28H,9H2,1-2H3,(H2,21,22)(H,24,27);5-6H,1-4H2. The van der Waals surface area contributed by atoms with E-state index in [-0.39, 0.29) is 23.6 Å². The highest BCUT2D eigenvalue weighted by Gasteiger charge is 2.27. The molecule has 1 aliphatic heterocycles. The first-order valence-corrected chi connectivity index (χ1v) is 12.4. The number of fused-ring (bicyclic) bond motifs is 1. The highest BCUT2D eigenvalue weighted by Crippen LogP contribution is 2.20. The number of pyridine rings is 2. The molecule has 0 aromatic carbocycles. The summed E-state index contributed by atoms with van der Waals surface area (Å²) in [6.45, 7) is 4.25. The third kappa shape index (κ3) is 6.62. The molecule has 5 rings (SSSR count). The number of rotatable bonds is 6. The van der Waals surface area contributed by atoms with Gasteiger partial charge in [0, 0.05) is 42.6 Å². The maximum Gasteiger partial charge on any atom is 0.255 e. The van der Waals surface area contributed by atoms with Crippen LogP contribution in [0.5, 0.6) is 0 Å². The van der Waals surface area contributed by atoms with Crippen LogP contribution in [0.4, 0.5) is 20.4 Å². The van der Waals surface area contributed by atoms with E-state index in [1.807, 2.05) is 6.07 Å². The fraction of sp³-hybridized carbons (Fsp3) is 0.346. The normalized spacial score (nSPS) is 13.8. The molecule has 4 N–H and O–H groups in total. The summed E-state index contributed by atoms with van der Waals surface area (Å²) in [5, 5.41) is 25.8. The van der Waals surface area contributed by atoms with Gasteiger partial charge in [0.15, 0.2) is 17.3 Å². The van der Waals surface area contributed by atoms with Crippen LogP contribution in [0.2, 0.25) is 0 Å². The molecule has 0 radical (unpaired) electrons. The lowest BCUT2D eigenvalue weighted by molar-refractivity contribution is -0.00177. The van der Waals surface area contributed by atoms with Crippen molar-refractivity contribution in [2.75, 3.05) is 30.3 Å². The number of hydrogen-bond acceptors (Lipinski definition) is 10. The van der Waals surface area contributed by atoms with Gasteiger partial charge in [-0.1, -0.05) is 0 Å². The van der Waals surface area contributed by atoms with Gasteiger partial charge in [0.1, 0.15) is 12.2 Å². The summed E-state index contributed by atoms with van der Waals surface area (Å²) in [5.74, 6) is -0.00137. The molecule has 12 nitrogen and oxygen atoms in total. The van der Waals surface area contributed by atoms with Gasteiger partial charge in [-0.15, -0.1) is 0 Å². The number of carbonyl (C=O) groups excluding carboxylic acids is 1. The summed E-state index contributed by atoms with van der Waals surface area (Å²) in [5.41, 5.74) is 5.47. The number of nitrogens with two attached hydrogens (primary N) is 1. The minimum absolute atomic E-state index is 0.0721. The van der Waals surface area contributed by atoms with Gasteiger partial charge in [-0.2, -0.15) is 15.0 Å². The molecular formula is C26H28F2N10O2. The maximum atomic E-state index is 13.8. The third-order valence-corrected chi connectivity index (χ3v) is 6.12. The Morgan fingerprint density at radius 3 is 2.48 bits per heavy atom. The van der Waals surface area contributed by atoms with Gasteiger partial charge in [-0.05, 0) is 32.8 Å². The number of aromatic nitrogens is 6. The van der Waals surface area contributed by atoms with Crippen molar-refractivity contribution in [1.29, 1.82) is 5.26 Å². The zero-order valence-corrected chi connectivity index (χ0v) is 21.9. The fourth-order valence-electron chi connectivity index (χ4n) is 3.83. The van der Waals surface area contributed by atoms with Crippen molar-refractivity contribution in [3.63, 3.8) is 0 Å². The van der Waals surface area contributed by atoms with Gasteiger partial charge in [0.2, 0.25) is 5.95 Å². The van der Waals surface area contributed by atoms with Crippen molar-refractivity contribution in [3.05, 3.63) is 60.1 Å². The van der Waals surface area contributed by atoms with Crippen LogP contribution in [-0.4, -0.2) is 72.1 Å². The number of aliphatic hydroxyl groups is 1. The molecule has 1 aliphatic rings. The Morgan fingerprint density at radius 1 is 1.15 bits per heavy atom. The van der Waals surface area contributed by atoms with Gasteiger partial charge in [0.05, 0.1) is 41.9 Å². The molecule has 1 atom stereocenters. The van der Waals surface area contributed by atoms with E-state index < -0.39 is 17.7 Å². The summed E-state index contributed by atoms with van der Waals surface area (Å²) in [6.07, 6.45) is 7.36. The Kier molecular flexibility index (Phi) is 8.44. The van der Waals surface area contributed by atoms with Crippen LogP contribution < -0.4 is 16.0 Å². The topological polar surface area (TPSA) is 172 Å². The fourth-order valence-corrected chi connectivity index (χ4v) is 3.83. The molecule has 0 bridgehead atoms. The first-order chi connectivity index (χ1) is 19.1. The van der Waals surface area contributed by atoms with Crippen molar-refractivity contribution in [1.82, 2.24) is 35.0 Å². The average molecular weight is 551 g/mol. The van der Waals surface area contributed by atoms with E-state index in [1.165, 1.54) is 62.2 Å². The molecule has 1 fully saturated rings. The van der Waals surface area contributed by atoms with Crippen molar-refractivity contribution < 1.29 is 18.7 Å². The van der Waals surface area contributed by atoms with Crippen molar-refractivity contribution in [2.24, 2.45) is 0 Å². The third-order valence-electron chi connectivity index (χ3n) is 6.12. The minimum Gasteiger partial charge on any atom is -0.398 e. The Bertz CT molecular complexity index is 1520. The Hall–Kier alpha value is -4.77. The van der Waals surface area contributed by atoms with Gasteiger partial charge < -0.3 is 21.1 Å². The van der Waals surface area contributed by atoms with Crippen LogP contribution in [0, 0.1) is 17.1 Å². The lowest BCUT2D eigenvalue weighted by atomic mass is 10.0. The minimum atomic E-state index is -1.63. The number of nitriles is 1. The second-order valence-corrected chi connectivity index (χ2v) is 9.66. The number of nitrogen functional groups attached to an aromatic ring is 1. The molecule has 0 aliphatic carbocycles. The molecule has 40 heavy (non-hydrogen) atoms. The number of nitrogens with zero attached hydrogens (tertiary/aromatic N) is 8. The first kappa shape index (κ1) is 28.2. The lowest BCUT2D eigenvalue weighted by Gasteiger charge is -2.22. The molecule has 5 heterocycles. The Morgan fingerprint density at radius 2 is 1.85 bits per heavy atom. The van der Waals surface area contributed by atoms with E-state index >= 15 is 0 Å². The van der Waals surface area contributed by atoms with Gasteiger partial charge in [0.25, 0.3) is 5.91 Å². The Labute approximate surface area is 228 Å². The van der Waals surface area contributed by atoms with Gasteiger partial charge in [-0.25, -0.2) is 28.7 Å². The Balaban J connectivity index is 0.000000255. The van der Waals surface area contributed by atoms with Crippen LogP contribution >= 0.6 is 0 Å². The monoisotopic (exact) mass is 550 g/mol. The van der Waals surface area contributed by atoms with Gasteiger partial charge in [-0.3, -0.25) is 4.79 Å². The molecule has 0 spiro atoms. The lowest BCUT2D eigenvalue weighted by Crippen LogP contribution is -2.42. The average Bonchev–Trinajstić information content (AvgIpc) is 3.62. The van der Waals surface area contributed by atoms with E-state index in [2.05, 4.69) is 35.3 Å². The number of nitrogens with one attached hydrogen (secondary N) is 1. The summed E-state index contributed by atoms with van der Waals surface area (Å²) >= 11 is 0. The summed E-state index contributed by atoms with van der Waals surface area (Å²) in [4.78, 5) is 30.5. The van der Waals surface area contributed by atoms with Crippen molar-refractivity contribution in [3.8, 4) is 11.9 Å². The molecule has 1 unspecified atom stereocenters. The zero-order chi connectivity index (χ0) is 28.9. The smallest absolute Gasteiger partial charge is 0.255 e. The molecular weight excluding hydrogens is 522 g/mol.